The Morgan fingerprint density at radius 3 is 2.29 bits per heavy atom. The third-order valence-corrected chi connectivity index (χ3v) is 3.82. The van der Waals surface area contributed by atoms with Gasteiger partial charge in [0.05, 0.1) is 0 Å². The highest BCUT2D eigenvalue weighted by atomic mass is 79.9. The summed E-state index contributed by atoms with van der Waals surface area (Å²) < 4.78 is 21.5. The first-order valence-electron chi connectivity index (χ1n) is 4.17. The van der Waals surface area contributed by atoms with E-state index in [4.69, 9.17) is 0 Å². The van der Waals surface area contributed by atoms with Crippen LogP contribution in [-0.2, 0) is 14.6 Å². The molecule has 0 rings (SSSR count). The van der Waals surface area contributed by atoms with Gasteiger partial charge in [-0.2, -0.15) is 0 Å². The average Bonchev–Trinajstić information content (AvgIpc) is 1.98. The highest BCUT2D eigenvalue weighted by Crippen LogP contribution is 2.16. The summed E-state index contributed by atoms with van der Waals surface area (Å²) in [6.45, 7) is 4.41. The molecule has 84 valence electrons. The van der Waals surface area contributed by atoms with Gasteiger partial charge in [0.1, 0.15) is 5.75 Å². The highest BCUT2D eigenvalue weighted by Gasteiger charge is 2.18. The van der Waals surface area contributed by atoms with Crippen LogP contribution < -0.4 is 5.32 Å². The first kappa shape index (κ1) is 13.9. The number of nitrogens with one attached hydrogen (secondary N) is 1. The van der Waals surface area contributed by atoms with Crippen LogP contribution in [0.3, 0.4) is 0 Å². The lowest BCUT2D eigenvalue weighted by atomic mass is 9.97. The van der Waals surface area contributed by atoms with E-state index in [1.807, 2.05) is 13.8 Å². The summed E-state index contributed by atoms with van der Waals surface area (Å²) in [6.07, 6.45) is 1.04. The highest BCUT2D eigenvalue weighted by molar-refractivity contribution is 9.09. The molecule has 0 saturated carbocycles. The average molecular weight is 286 g/mol. The monoisotopic (exact) mass is 285 g/mol. The second-order valence-corrected chi connectivity index (χ2v) is 6.85. The summed E-state index contributed by atoms with van der Waals surface area (Å²) in [7, 11) is -3.22. The first-order chi connectivity index (χ1) is 6.16. The van der Waals surface area contributed by atoms with Gasteiger partial charge in [0.25, 0.3) is 0 Å². The van der Waals surface area contributed by atoms with E-state index >= 15 is 0 Å². The molecule has 4 nitrogen and oxygen atoms in total. The Labute approximate surface area is 93.5 Å². The summed E-state index contributed by atoms with van der Waals surface area (Å²) in [5, 5.41) is 3.33. The smallest absolute Gasteiger partial charge is 0.235 e. The van der Waals surface area contributed by atoms with E-state index in [1.165, 1.54) is 0 Å². The number of carbonyl (C=O) groups is 1. The molecular formula is C8H16BrNO3S. The van der Waals surface area contributed by atoms with Gasteiger partial charge in [-0.05, 0) is 5.41 Å². The molecule has 0 radical (unpaired) electrons. The van der Waals surface area contributed by atoms with Crippen LogP contribution in [0.15, 0.2) is 0 Å². The molecule has 0 aromatic rings. The van der Waals surface area contributed by atoms with Crippen molar-refractivity contribution in [1.29, 1.82) is 0 Å². The fourth-order valence-corrected chi connectivity index (χ4v) is 1.45. The van der Waals surface area contributed by atoms with Gasteiger partial charge in [0.15, 0.2) is 9.84 Å². The number of sulfone groups is 1. The van der Waals surface area contributed by atoms with Crippen LogP contribution in [-0.4, -0.2) is 38.2 Å². The van der Waals surface area contributed by atoms with Crippen molar-refractivity contribution in [2.24, 2.45) is 5.41 Å². The van der Waals surface area contributed by atoms with E-state index in [2.05, 4.69) is 21.2 Å². The minimum Gasteiger partial charge on any atom is -0.355 e. The second-order valence-electron chi connectivity index (χ2n) is 4.14. The zero-order valence-corrected chi connectivity index (χ0v) is 11.0. The van der Waals surface area contributed by atoms with E-state index in [0.717, 1.165) is 11.6 Å². The molecule has 0 heterocycles. The van der Waals surface area contributed by atoms with Crippen LogP contribution in [0, 0.1) is 5.41 Å². The number of alkyl halides is 1. The van der Waals surface area contributed by atoms with Crippen molar-refractivity contribution in [2.75, 3.05) is 23.9 Å². The summed E-state index contributed by atoms with van der Waals surface area (Å²) in [5.41, 5.74) is -0.0623. The van der Waals surface area contributed by atoms with Crippen LogP contribution in [0.25, 0.3) is 0 Å². The Kier molecular flexibility index (Phi) is 5.08. The normalized spacial score (nSPS) is 12.6. The molecular weight excluding hydrogens is 270 g/mol. The van der Waals surface area contributed by atoms with E-state index in [1.54, 1.807) is 0 Å². The summed E-state index contributed by atoms with van der Waals surface area (Å²) in [4.78, 5) is 11.1. The molecule has 14 heavy (non-hydrogen) atoms. The van der Waals surface area contributed by atoms with Gasteiger partial charge < -0.3 is 5.32 Å². The van der Waals surface area contributed by atoms with E-state index in [9.17, 15) is 13.2 Å². The second kappa shape index (κ2) is 5.11. The van der Waals surface area contributed by atoms with Crippen molar-refractivity contribution in [3.05, 3.63) is 0 Å². The molecule has 0 unspecified atom stereocenters. The Hall–Kier alpha value is -0.100. The molecule has 0 aliphatic carbocycles. The Morgan fingerprint density at radius 2 is 1.93 bits per heavy atom. The molecule has 0 aliphatic rings. The molecule has 0 bridgehead atoms. The summed E-state index contributed by atoms with van der Waals surface area (Å²) >= 11 is 3.31. The number of hydrogen-bond acceptors (Lipinski definition) is 3. The van der Waals surface area contributed by atoms with E-state index in [0.29, 0.717) is 6.54 Å². The number of halogens is 1. The lowest BCUT2D eigenvalue weighted by Gasteiger charge is -2.21. The Morgan fingerprint density at radius 1 is 1.43 bits per heavy atom. The topological polar surface area (TPSA) is 63.2 Å². The number of hydrogen-bond donors (Lipinski definition) is 1. The van der Waals surface area contributed by atoms with Gasteiger partial charge >= 0.3 is 0 Å². The maximum atomic E-state index is 11.1. The first-order valence-corrected chi connectivity index (χ1v) is 7.35. The third-order valence-electron chi connectivity index (χ3n) is 1.52. The molecule has 0 aromatic carbocycles. The summed E-state index contributed by atoms with van der Waals surface area (Å²) in [6, 6.07) is 0. The maximum Gasteiger partial charge on any atom is 0.235 e. The van der Waals surface area contributed by atoms with Crippen LogP contribution in [0.1, 0.15) is 13.8 Å². The zero-order valence-electron chi connectivity index (χ0n) is 8.63. The van der Waals surface area contributed by atoms with Gasteiger partial charge in [-0.3, -0.25) is 4.79 Å². The molecule has 6 heteroatoms. The van der Waals surface area contributed by atoms with E-state index in [-0.39, 0.29) is 5.41 Å². The fraction of sp³-hybridized carbons (Fsp3) is 0.875. The SMILES string of the molecule is CC(C)(CBr)CNC(=O)CS(C)(=O)=O. The molecule has 0 spiro atoms. The predicted molar refractivity (Wildman–Crippen MR) is 60.3 cm³/mol. The molecule has 0 saturated heterocycles. The molecule has 1 N–H and O–H groups in total. The number of carbonyl (C=O) groups excluding carboxylic acids is 1. The van der Waals surface area contributed by atoms with Crippen molar-refractivity contribution in [3.8, 4) is 0 Å². The lowest BCUT2D eigenvalue weighted by molar-refractivity contribution is -0.119. The third kappa shape index (κ3) is 7.32. The number of rotatable bonds is 5. The maximum absolute atomic E-state index is 11.1. The van der Waals surface area contributed by atoms with Gasteiger partial charge in [-0.25, -0.2) is 8.42 Å². The standard InChI is InChI=1S/C8H16BrNO3S/c1-8(2,5-9)6-10-7(11)4-14(3,12)13/h4-6H2,1-3H3,(H,10,11). The Bertz CT molecular complexity index is 298. The van der Waals surface area contributed by atoms with Crippen LogP contribution in [0.5, 0.6) is 0 Å². The molecule has 0 aliphatic heterocycles. The summed E-state index contributed by atoms with van der Waals surface area (Å²) in [5.74, 6) is -0.882. The lowest BCUT2D eigenvalue weighted by Crippen LogP contribution is -2.37. The van der Waals surface area contributed by atoms with Crippen molar-refractivity contribution >= 4 is 31.7 Å². The Balaban J connectivity index is 3.99. The molecule has 0 atom stereocenters. The van der Waals surface area contributed by atoms with Crippen molar-refractivity contribution in [3.63, 3.8) is 0 Å². The molecule has 1 amide bonds. The van der Waals surface area contributed by atoms with Crippen LogP contribution in [0.2, 0.25) is 0 Å². The van der Waals surface area contributed by atoms with Crippen molar-refractivity contribution in [2.45, 2.75) is 13.8 Å². The minimum atomic E-state index is -3.22. The number of amides is 1. The van der Waals surface area contributed by atoms with Crippen LogP contribution in [0.4, 0.5) is 0 Å². The van der Waals surface area contributed by atoms with Gasteiger partial charge in [-0.1, -0.05) is 29.8 Å². The molecule has 0 fully saturated rings. The quantitative estimate of drug-likeness (QED) is 0.751. The largest absolute Gasteiger partial charge is 0.355 e. The van der Waals surface area contributed by atoms with Gasteiger partial charge in [0, 0.05) is 18.1 Å². The van der Waals surface area contributed by atoms with Crippen molar-refractivity contribution < 1.29 is 13.2 Å². The fourth-order valence-electron chi connectivity index (χ4n) is 0.674. The van der Waals surface area contributed by atoms with Gasteiger partial charge in [0.2, 0.25) is 5.91 Å². The predicted octanol–water partition coefficient (Wildman–Crippen LogP) is 0.568. The van der Waals surface area contributed by atoms with Crippen molar-refractivity contribution in [1.82, 2.24) is 5.32 Å². The zero-order chi connectivity index (χ0) is 11.4. The van der Waals surface area contributed by atoms with Crippen LogP contribution >= 0.6 is 15.9 Å². The minimum absolute atomic E-state index is 0.0623. The van der Waals surface area contributed by atoms with Gasteiger partial charge in [-0.15, -0.1) is 0 Å². The molecule has 0 aromatic heterocycles. The van der Waals surface area contributed by atoms with E-state index < -0.39 is 21.5 Å².